The summed E-state index contributed by atoms with van der Waals surface area (Å²) in [5.74, 6) is -1.77. The Balaban J connectivity index is 3.59. The lowest BCUT2D eigenvalue weighted by Crippen LogP contribution is -2.31. The van der Waals surface area contributed by atoms with Crippen LogP contribution in [0.1, 0.15) is 73.6 Å². The molecule has 186 valence electrons. The third-order valence-corrected chi connectivity index (χ3v) is 4.11. The molecule has 0 saturated heterocycles. The molecule has 0 aliphatic rings. The lowest BCUT2D eigenvalue weighted by Gasteiger charge is -2.15. The summed E-state index contributed by atoms with van der Waals surface area (Å²) in [5.41, 5.74) is 0. The quantitative estimate of drug-likeness (QED) is 0.203. The van der Waals surface area contributed by atoms with E-state index in [1.54, 1.807) is 27.7 Å². The number of alkyl carbamates (subject to hydrolysis) is 1. The number of rotatable bonds is 16. The molecule has 0 fully saturated rings. The molecule has 0 spiro atoms. The molecule has 0 saturated carbocycles. The second kappa shape index (κ2) is 17.2. The van der Waals surface area contributed by atoms with E-state index in [1.165, 1.54) is 13.8 Å². The molecule has 0 radical (unpaired) electrons. The molecule has 0 aliphatic carbocycles. The van der Waals surface area contributed by atoms with Gasteiger partial charge in [-0.25, -0.2) is 4.79 Å². The van der Waals surface area contributed by atoms with Crippen molar-refractivity contribution in [1.29, 1.82) is 0 Å². The van der Waals surface area contributed by atoms with E-state index in [2.05, 4.69) is 10.6 Å². The number of carbonyl (C=O) groups is 4. The maximum Gasteiger partial charge on any atom is 0.410 e. The number of nitrogens with one attached hydrogen (secondary N) is 2. The summed E-state index contributed by atoms with van der Waals surface area (Å²) in [6, 6.07) is 0. The SMILES string of the molecule is CC(C)C(=O)O[C@H](C)OC(=O)CCCNCCCCCNC(=O)O[C@@H](C)OC(=O)C(C)C. The van der Waals surface area contributed by atoms with Gasteiger partial charge in [-0.05, 0) is 32.4 Å². The third kappa shape index (κ3) is 16.3. The number of unbranched alkanes of at least 4 members (excludes halogenated alkanes) is 2. The van der Waals surface area contributed by atoms with Gasteiger partial charge in [0.05, 0.1) is 11.8 Å². The summed E-state index contributed by atoms with van der Waals surface area (Å²) in [6.07, 6.45) is 1.06. The first-order valence-electron chi connectivity index (χ1n) is 11.3. The van der Waals surface area contributed by atoms with Crippen LogP contribution in [0.5, 0.6) is 0 Å². The van der Waals surface area contributed by atoms with Crippen LogP contribution < -0.4 is 10.6 Å². The predicted octanol–water partition coefficient (Wildman–Crippen LogP) is 2.89. The molecule has 10 nitrogen and oxygen atoms in total. The number of hydrogen-bond donors (Lipinski definition) is 2. The molecule has 0 unspecified atom stereocenters. The van der Waals surface area contributed by atoms with Crippen molar-refractivity contribution in [3.05, 3.63) is 0 Å². The van der Waals surface area contributed by atoms with Gasteiger partial charge in [0, 0.05) is 26.8 Å². The van der Waals surface area contributed by atoms with Gasteiger partial charge in [0.2, 0.25) is 12.6 Å². The van der Waals surface area contributed by atoms with E-state index in [0.717, 1.165) is 25.8 Å². The Morgan fingerprint density at radius 2 is 1.12 bits per heavy atom. The highest BCUT2D eigenvalue weighted by atomic mass is 16.7. The second-order valence-electron chi connectivity index (χ2n) is 8.05. The molecule has 1 amide bonds. The van der Waals surface area contributed by atoms with Gasteiger partial charge in [-0.15, -0.1) is 0 Å². The van der Waals surface area contributed by atoms with E-state index in [0.29, 0.717) is 19.5 Å². The Bertz CT molecular complexity index is 530. The molecule has 0 aromatic carbocycles. The number of esters is 3. The zero-order valence-corrected chi connectivity index (χ0v) is 20.2. The standard InChI is InChI=1S/C22H40N2O8/c1-15(2)20(26)30-17(5)29-19(25)11-10-13-23-12-8-7-9-14-24-22(28)32-18(6)31-21(27)16(3)4/h15-18,23H,7-14H2,1-6H3,(H,24,28)/t17-,18+/m1/s1. The Hall–Kier alpha value is -2.36. The average Bonchev–Trinajstić information content (AvgIpc) is 2.68. The van der Waals surface area contributed by atoms with E-state index in [9.17, 15) is 19.2 Å². The van der Waals surface area contributed by atoms with Crippen LogP contribution in [0.25, 0.3) is 0 Å². The van der Waals surface area contributed by atoms with E-state index in [-0.39, 0.29) is 18.3 Å². The van der Waals surface area contributed by atoms with Gasteiger partial charge in [0.25, 0.3) is 0 Å². The fraction of sp³-hybridized carbons (Fsp3) is 0.818. The van der Waals surface area contributed by atoms with Crippen molar-refractivity contribution in [2.24, 2.45) is 11.8 Å². The van der Waals surface area contributed by atoms with Crippen molar-refractivity contribution in [1.82, 2.24) is 10.6 Å². The number of carbonyl (C=O) groups excluding carboxylic acids is 4. The van der Waals surface area contributed by atoms with E-state index >= 15 is 0 Å². The first-order chi connectivity index (χ1) is 15.0. The van der Waals surface area contributed by atoms with Crippen LogP contribution in [0.15, 0.2) is 0 Å². The highest BCUT2D eigenvalue weighted by Crippen LogP contribution is 2.04. The van der Waals surface area contributed by atoms with E-state index < -0.39 is 36.6 Å². The molecule has 2 N–H and O–H groups in total. The molecule has 0 rings (SSSR count). The second-order valence-corrected chi connectivity index (χ2v) is 8.05. The lowest BCUT2D eigenvalue weighted by molar-refractivity contribution is -0.186. The summed E-state index contributed by atoms with van der Waals surface area (Å²) in [6.45, 7) is 11.8. The van der Waals surface area contributed by atoms with Crippen molar-refractivity contribution >= 4 is 24.0 Å². The monoisotopic (exact) mass is 460 g/mol. The zero-order valence-electron chi connectivity index (χ0n) is 20.2. The summed E-state index contributed by atoms with van der Waals surface area (Å²) in [7, 11) is 0. The van der Waals surface area contributed by atoms with Crippen molar-refractivity contribution in [2.45, 2.75) is 86.2 Å². The molecular weight excluding hydrogens is 420 g/mol. The molecule has 0 heterocycles. The summed E-state index contributed by atoms with van der Waals surface area (Å²) >= 11 is 0. The minimum atomic E-state index is -0.926. The van der Waals surface area contributed by atoms with Gasteiger partial charge in [0.15, 0.2) is 0 Å². The minimum absolute atomic E-state index is 0.244. The number of hydrogen-bond acceptors (Lipinski definition) is 9. The third-order valence-electron chi connectivity index (χ3n) is 4.11. The Morgan fingerprint density at radius 3 is 1.69 bits per heavy atom. The van der Waals surface area contributed by atoms with Crippen molar-refractivity contribution in [2.75, 3.05) is 19.6 Å². The van der Waals surface area contributed by atoms with Gasteiger partial charge in [-0.2, -0.15) is 0 Å². The number of ether oxygens (including phenoxy) is 4. The smallest absolute Gasteiger partial charge is 0.410 e. The van der Waals surface area contributed by atoms with Crippen LogP contribution >= 0.6 is 0 Å². The maximum atomic E-state index is 11.7. The van der Waals surface area contributed by atoms with Crippen LogP contribution in [0.4, 0.5) is 4.79 Å². The van der Waals surface area contributed by atoms with Crippen LogP contribution in [0.2, 0.25) is 0 Å². The average molecular weight is 461 g/mol. The molecule has 32 heavy (non-hydrogen) atoms. The Labute approximate surface area is 191 Å². The Morgan fingerprint density at radius 1 is 0.625 bits per heavy atom. The highest BCUT2D eigenvalue weighted by molar-refractivity contribution is 5.73. The van der Waals surface area contributed by atoms with Crippen LogP contribution in [0, 0.1) is 11.8 Å². The summed E-state index contributed by atoms with van der Waals surface area (Å²) in [5, 5.41) is 5.86. The molecular formula is C22H40N2O8. The largest absolute Gasteiger partial charge is 0.425 e. The fourth-order valence-electron chi connectivity index (χ4n) is 2.31. The molecule has 0 aromatic rings. The summed E-state index contributed by atoms with van der Waals surface area (Å²) < 4.78 is 19.9. The van der Waals surface area contributed by atoms with E-state index in [4.69, 9.17) is 18.9 Å². The number of amides is 1. The van der Waals surface area contributed by atoms with Gasteiger partial charge in [-0.1, -0.05) is 34.1 Å². The Kier molecular flexibility index (Phi) is 16.0. The summed E-state index contributed by atoms with van der Waals surface area (Å²) in [4.78, 5) is 46.2. The van der Waals surface area contributed by atoms with Crippen LogP contribution in [-0.2, 0) is 33.3 Å². The minimum Gasteiger partial charge on any atom is -0.425 e. The highest BCUT2D eigenvalue weighted by Gasteiger charge is 2.17. The predicted molar refractivity (Wildman–Crippen MR) is 117 cm³/mol. The van der Waals surface area contributed by atoms with Gasteiger partial charge in [0.1, 0.15) is 0 Å². The normalized spacial score (nSPS) is 12.8. The van der Waals surface area contributed by atoms with Crippen LogP contribution in [0.3, 0.4) is 0 Å². The van der Waals surface area contributed by atoms with Crippen molar-refractivity contribution in [3.8, 4) is 0 Å². The fourth-order valence-corrected chi connectivity index (χ4v) is 2.31. The van der Waals surface area contributed by atoms with Crippen LogP contribution in [-0.4, -0.2) is 56.2 Å². The zero-order chi connectivity index (χ0) is 24.5. The lowest BCUT2D eigenvalue weighted by atomic mass is 10.2. The molecule has 0 aromatic heterocycles. The topological polar surface area (TPSA) is 129 Å². The van der Waals surface area contributed by atoms with E-state index in [1.807, 2.05) is 0 Å². The molecule has 10 heteroatoms. The maximum absolute atomic E-state index is 11.7. The first kappa shape index (κ1) is 29.6. The van der Waals surface area contributed by atoms with Crippen molar-refractivity contribution < 1.29 is 38.1 Å². The van der Waals surface area contributed by atoms with Gasteiger partial charge in [-0.3, -0.25) is 14.4 Å². The molecule has 0 aliphatic heterocycles. The van der Waals surface area contributed by atoms with Crippen molar-refractivity contribution in [3.63, 3.8) is 0 Å². The molecule has 0 bridgehead atoms. The van der Waals surface area contributed by atoms with Gasteiger partial charge < -0.3 is 29.6 Å². The molecule has 2 atom stereocenters. The van der Waals surface area contributed by atoms with Gasteiger partial charge >= 0.3 is 24.0 Å². The first-order valence-corrected chi connectivity index (χ1v) is 11.3.